The molecule has 4 heterocycles. The fourth-order valence-corrected chi connectivity index (χ4v) is 2.99. The van der Waals surface area contributed by atoms with Gasteiger partial charge in [0.25, 0.3) is 0 Å². The van der Waals surface area contributed by atoms with Crippen LogP contribution < -0.4 is 10.1 Å². The SMILES string of the molecule is C[C@@H](Oc1c(-c2cn[nH]c2)ccn2nc(NC3CCOCC3)nc12)C(F)(F)F. The van der Waals surface area contributed by atoms with E-state index in [2.05, 4.69) is 25.6 Å². The number of pyridine rings is 1. The van der Waals surface area contributed by atoms with Gasteiger partial charge in [-0.25, -0.2) is 4.52 Å². The molecule has 1 aliphatic rings. The Labute approximate surface area is 158 Å². The summed E-state index contributed by atoms with van der Waals surface area (Å²) < 4.78 is 51.4. The van der Waals surface area contributed by atoms with E-state index in [4.69, 9.17) is 9.47 Å². The predicted molar refractivity (Wildman–Crippen MR) is 94.2 cm³/mol. The minimum Gasteiger partial charge on any atom is -0.477 e. The maximum atomic E-state index is 13.1. The Balaban J connectivity index is 1.73. The number of ether oxygens (including phenoxy) is 2. The Morgan fingerprint density at radius 2 is 2.14 bits per heavy atom. The van der Waals surface area contributed by atoms with E-state index in [-0.39, 0.29) is 17.4 Å². The molecule has 8 nitrogen and oxygen atoms in total. The normalized spacial score (nSPS) is 17.0. The number of aromatic amines is 1. The molecule has 0 radical (unpaired) electrons. The van der Waals surface area contributed by atoms with Crippen molar-refractivity contribution in [3.63, 3.8) is 0 Å². The van der Waals surface area contributed by atoms with Crippen LogP contribution in [0.15, 0.2) is 24.7 Å². The molecule has 0 bridgehead atoms. The second kappa shape index (κ2) is 7.30. The Kier molecular flexibility index (Phi) is 4.84. The quantitative estimate of drug-likeness (QED) is 0.689. The molecule has 4 rings (SSSR count). The van der Waals surface area contributed by atoms with Gasteiger partial charge < -0.3 is 14.8 Å². The van der Waals surface area contributed by atoms with Gasteiger partial charge in [0.15, 0.2) is 17.5 Å². The number of hydrogen-bond acceptors (Lipinski definition) is 6. The number of alkyl halides is 3. The number of nitrogens with zero attached hydrogens (tertiary/aromatic N) is 4. The van der Waals surface area contributed by atoms with E-state index in [0.717, 1.165) is 19.8 Å². The molecule has 28 heavy (non-hydrogen) atoms. The zero-order valence-electron chi connectivity index (χ0n) is 15.0. The van der Waals surface area contributed by atoms with Crippen molar-refractivity contribution in [3.05, 3.63) is 24.7 Å². The molecule has 0 spiro atoms. The summed E-state index contributed by atoms with van der Waals surface area (Å²) >= 11 is 0. The van der Waals surface area contributed by atoms with Gasteiger partial charge in [-0.05, 0) is 25.8 Å². The second-order valence-electron chi connectivity index (χ2n) is 6.58. The molecule has 1 saturated heterocycles. The second-order valence-corrected chi connectivity index (χ2v) is 6.58. The molecular formula is C17H19F3N6O2. The van der Waals surface area contributed by atoms with E-state index < -0.39 is 12.3 Å². The third kappa shape index (κ3) is 3.75. The Morgan fingerprint density at radius 3 is 2.82 bits per heavy atom. The van der Waals surface area contributed by atoms with E-state index >= 15 is 0 Å². The van der Waals surface area contributed by atoms with Crippen LogP contribution in [0.1, 0.15) is 19.8 Å². The summed E-state index contributed by atoms with van der Waals surface area (Å²) in [6, 6.07) is 1.78. The number of nitrogens with one attached hydrogen (secondary N) is 2. The molecule has 1 atom stereocenters. The number of halogens is 3. The summed E-state index contributed by atoms with van der Waals surface area (Å²) in [7, 11) is 0. The molecule has 11 heteroatoms. The van der Waals surface area contributed by atoms with Crippen molar-refractivity contribution in [2.24, 2.45) is 0 Å². The summed E-state index contributed by atoms with van der Waals surface area (Å²) in [5.41, 5.74) is 1.24. The van der Waals surface area contributed by atoms with Gasteiger partial charge in [-0.15, -0.1) is 5.10 Å². The van der Waals surface area contributed by atoms with E-state index in [1.807, 2.05) is 0 Å². The van der Waals surface area contributed by atoms with Gasteiger partial charge in [0, 0.05) is 42.8 Å². The van der Waals surface area contributed by atoms with Gasteiger partial charge in [0.1, 0.15) is 0 Å². The molecule has 3 aromatic heterocycles. The lowest BCUT2D eigenvalue weighted by atomic mass is 10.1. The third-order valence-electron chi connectivity index (χ3n) is 4.58. The highest BCUT2D eigenvalue weighted by Crippen LogP contribution is 2.36. The molecule has 1 fully saturated rings. The van der Waals surface area contributed by atoms with Gasteiger partial charge in [-0.3, -0.25) is 5.10 Å². The highest BCUT2D eigenvalue weighted by Gasteiger charge is 2.39. The van der Waals surface area contributed by atoms with E-state index in [9.17, 15) is 13.2 Å². The third-order valence-corrected chi connectivity index (χ3v) is 4.58. The number of hydrogen-bond donors (Lipinski definition) is 2. The number of anilines is 1. The van der Waals surface area contributed by atoms with Crippen molar-refractivity contribution in [2.45, 2.75) is 38.1 Å². The van der Waals surface area contributed by atoms with Crippen molar-refractivity contribution < 1.29 is 22.6 Å². The van der Waals surface area contributed by atoms with Crippen molar-refractivity contribution in [1.82, 2.24) is 24.8 Å². The van der Waals surface area contributed by atoms with Gasteiger partial charge in [-0.2, -0.15) is 23.3 Å². The maximum absolute atomic E-state index is 13.1. The van der Waals surface area contributed by atoms with Crippen LogP contribution in [0.4, 0.5) is 19.1 Å². The molecular weight excluding hydrogens is 377 g/mol. The van der Waals surface area contributed by atoms with Gasteiger partial charge in [0.05, 0.1) is 6.20 Å². The van der Waals surface area contributed by atoms with Gasteiger partial charge >= 0.3 is 6.18 Å². The molecule has 3 aromatic rings. The lowest BCUT2D eigenvalue weighted by molar-refractivity contribution is -0.188. The first kappa shape index (κ1) is 18.5. The summed E-state index contributed by atoms with van der Waals surface area (Å²) in [6.45, 7) is 2.25. The molecule has 0 aliphatic carbocycles. The summed E-state index contributed by atoms with van der Waals surface area (Å²) in [5, 5.41) is 14.1. The fraction of sp³-hybridized carbons (Fsp3) is 0.471. The molecule has 0 unspecified atom stereocenters. The average molecular weight is 396 g/mol. The molecule has 1 aliphatic heterocycles. The largest absolute Gasteiger partial charge is 0.477 e. The Hall–Kier alpha value is -2.82. The smallest absolute Gasteiger partial charge is 0.425 e. The zero-order valence-corrected chi connectivity index (χ0v) is 15.0. The Morgan fingerprint density at radius 1 is 1.36 bits per heavy atom. The first-order valence-electron chi connectivity index (χ1n) is 8.88. The first-order valence-corrected chi connectivity index (χ1v) is 8.88. The molecule has 0 amide bonds. The zero-order chi connectivity index (χ0) is 19.7. The van der Waals surface area contributed by atoms with Crippen LogP contribution in [-0.2, 0) is 4.74 Å². The first-order chi connectivity index (χ1) is 13.4. The number of aromatic nitrogens is 5. The number of fused-ring (bicyclic) bond motifs is 1. The fourth-order valence-electron chi connectivity index (χ4n) is 2.99. The number of rotatable bonds is 5. The predicted octanol–water partition coefficient (Wildman–Crippen LogP) is 3.04. The average Bonchev–Trinajstić information content (AvgIpc) is 3.31. The highest BCUT2D eigenvalue weighted by molar-refractivity contribution is 5.77. The lowest BCUT2D eigenvalue weighted by Crippen LogP contribution is -2.31. The van der Waals surface area contributed by atoms with Crippen LogP contribution in [0.5, 0.6) is 5.75 Å². The maximum Gasteiger partial charge on any atom is 0.425 e. The molecule has 0 aromatic carbocycles. The lowest BCUT2D eigenvalue weighted by Gasteiger charge is -2.22. The van der Waals surface area contributed by atoms with Gasteiger partial charge in [-0.1, -0.05) is 0 Å². The van der Waals surface area contributed by atoms with Crippen LogP contribution >= 0.6 is 0 Å². The summed E-state index contributed by atoms with van der Waals surface area (Å²) in [6.07, 6.45) is -0.181. The Bertz CT molecular complexity index is 934. The van der Waals surface area contributed by atoms with Crippen LogP contribution in [0.2, 0.25) is 0 Å². The van der Waals surface area contributed by atoms with Crippen molar-refractivity contribution in [3.8, 4) is 16.9 Å². The minimum atomic E-state index is -4.51. The van der Waals surface area contributed by atoms with Crippen LogP contribution in [0.25, 0.3) is 16.8 Å². The standard InChI is InChI=1S/C17H19F3N6O2/c1-10(17(18,19)20)28-14-13(11-8-21-22-9-11)2-5-26-15(14)24-16(25-26)23-12-3-6-27-7-4-12/h2,5,8-10,12H,3-4,6-7H2,1H3,(H,21,22)(H,23,25)/t10-/m1/s1. The van der Waals surface area contributed by atoms with E-state index in [1.165, 1.54) is 10.7 Å². The van der Waals surface area contributed by atoms with Crippen molar-refractivity contribution in [2.75, 3.05) is 18.5 Å². The highest BCUT2D eigenvalue weighted by atomic mass is 19.4. The van der Waals surface area contributed by atoms with Gasteiger partial charge in [0.2, 0.25) is 5.95 Å². The summed E-state index contributed by atoms with van der Waals surface area (Å²) in [4.78, 5) is 4.39. The topological polar surface area (TPSA) is 89.4 Å². The monoisotopic (exact) mass is 396 g/mol. The van der Waals surface area contributed by atoms with E-state index in [0.29, 0.717) is 30.3 Å². The minimum absolute atomic E-state index is 0.00116. The van der Waals surface area contributed by atoms with Crippen LogP contribution in [0, 0.1) is 0 Å². The molecule has 2 N–H and O–H groups in total. The summed E-state index contributed by atoms with van der Waals surface area (Å²) in [5.74, 6) is 0.335. The van der Waals surface area contributed by atoms with Crippen LogP contribution in [-0.4, -0.2) is 56.3 Å². The molecule has 0 saturated carbocycles. The van der Waals surface area contributed by atoms with E-state index in [1.54, 1.807) is 18.5 Å². The van der Waals surface area contributed by atoms with Crippen molar-refractivity contribution in [1.29, 1.82) is 0 Å². The number of H-pyrrole nitrogens is 1. The van der Waals surface area contributed by atoms with Crippen molar-refractivity contribution >= 4 is 11.6 Å². The van der Waals surface area contributed by atoms with Crippen LogP contribution in [0.3, 0.4) is 0 Å². The molecule has 150 valence electrons.